The molecule has 0 saturated carbocycles. The Morgan fingerprint density at radius 2 is 1.73 bits per heavy atom. The predicted octanol–water partition coefficient (Wildman–Crippen LogP) is 4.97. The van der Waals surface area contributed by atoms with Gasteiger partial charge < -0.3 is 14.2 Å². The zero-order valence-electron chi connectivity index (χ0n) is 17.7. The highest BCUT2D eigenvalue weighted by atomic mass is 35.5. The molecule has 168 valence electrons. The lowest BCUT2D eigenvalue weighted by Gasteiger charge is -2.11. The molecule has 1 amide bonds. The van der Waals surface area contributed by atoms with Crippen molar-refractivity contribution in [1.29, 1.82) is 5.26 Å². The number of hydrogen-bond acceptors (Lipinski definition) is 6. The third-order valence-electron chi connectivity index (χ3n) is 4.49. The maximum absolute atomic E-state index is 12.7. The Bertz CT molecular complexity index is 1340. The van der Waals surface area contributed by atoms with Crippen LogP contribution in [0.25, 0.3) is 6.08 Å². The Hall–Kier alpha value is -3.80. The molecule has 0 saturated heterocycles. The Morgan fingerprint density at radius 1 is 1.06 bits per heavy atom. The van der Waals surface area contributed by atoms with Crippen LogP contribution < -0.4 is 14.2 Å². The number of carbonyl (C=O) groups is 1. The highest BCUT2D eigenvalue weighted by Gasteiger charge is 2.19. The number of carbonyl (C=O) groups excluding carboxylic acids is 1. The number of methoxy groups -OCH3 is 1. The SMILES string of the molecule is COc1ccc(NC(=O)/C(C#N)=C/c2cc(Cl)ccc2OS(=O)(=O)c2ccc(C)cc2)cc1. The highest BCUT2D eigenvalue weighted by Crippen LogP contribution is 2.28. The fourth-order valence-electron chi connectivity index (χ4n) is 2.76. The topological polar surface area (TPSA) is 105 Å². The number of halogens is 1. The van der Waals surface area contributed by atoms with Gasteiger partial charge in [0.2, 0.25) is 0 Å². The van der Waals surface area contributed by atoms with Gasteiger partial charge in [0.25, 0.3) is 5.91 Å². The summed E-state index contributed by atoms with van der Waals surface area (Å²) in [6.45, 7) is 1.83. The van der Waals surface area contributed by atoms with Crippen LogP contribution in [0.2, 0.25) is 5.02 Å². The molecule has 0 aliphatic heterocycles. The van der Waals surface area contributed by atoms with Crippen molar-refractivity contribution >= 4 is 39.4 Å². The third kappa shape index (κ3) is 6.13. The summed E-state index contributed by atoms with van der Waals surface area (Å²) in [5, 5.41) is 12.4. The second-order valence-electron chi connectivity index (χ2n) is 6.89. The summed E-state index contributed by atoms with van der Waals surface area (Å²) in [4.78, 5) is 12.6. The molecule has 7 nitrogen and oxygen atoms in total. The molecule has 33 heavy (non-hydrogen) atoms. The van der Waals surface area contributed by atoms with Crippen molar-refractivity contribution < 1.29 is 22.1 Å². The average Bonchev–Trinajstić information content (AvgIpc) is 2.79. The van der Waals surface area contributed by atoms with Crippen LogP contribution >= 0.6 is 11.6 Å². The van der Waals surface area contributed by atoms with Crippen molar-refractivity contribution in [3.05, 3.63) is 88.5 Å². The molecule has 0 aromatic heterocycles. The summed E-state index contributed by atoms with van der Waals surface area (Å²) >= 11 is 6.06. The lowest BCUT2D eigenvalue weighted by Crippen LogP contribution is -2.14. The molecule has 0 radical (unpaired) electrons. The maximum Gasteiger partial charge on any atom is 0.339 e. The number of amides is 1. The Labute approximate surface area is 197 Å². The summed E-state index contributed by atoms with van der Waals surface area (Å²) in [6, 6.07) is 18.7. The van der Waals surface area contributed by atoms with E-state index in [0.717, 1.165) is 5.56 Å². The van der Waals surface area contributed by atoms with Crippen LogP contribution in [-0.4, -0.2) is 21.4 Å². The number of anilines is 1. The standard InChI is InChI=1S/C24H19ClN2O5S/c1-16-3-10-22(11-4-16)33(29,30)32-23-12-5-19(25)14-17(23)13-18(15-26)24(28)27-20-6-8-21(31-2)9-7-20/h3-14H,1-2H3,(H,27,28)/b18-13+. The molecule has 0 spiro atoms. The van der Waals surface area contributed by atoms with E-state index in [1.165, 1.54) is 43.5 Å². The summed E-state index contributed by atoms with van der Waals surface area (Å²) in [6.07, 6.45) is 1.21. The number of nitrogens with zero attached hydrogens (tertiary/aromatic N) is 1. The Morgan fingerprint density at radius 3 is 2.33 bits per heavy atom. The van der Waals surface area contributed by atoms with Crippen LogP contribution in [0.3, 0.4) is 0 Å². The van der Waals surface area contributed by atoms with Crippen molar-refractivity contribution in [3.63, 3.8) is 0 Å². The number of rotatable bonds is 7. The van der Waals surface area contributed by atoms with Gasteiger partial charge in [-0.2, -0.15) is 13.7 Å². The van der Waals surface area contributed by atoms with Gasteiger partial charge in [-0.25, -0.2) is 0 Å². The van der Waals surface area contributed by atoms with Crippen LogP contribution in [0.5, 0.6) is 11.5 Å². The predicted molar refractivity (Wildman–Crippen MR) is 126 cm³/mol. The summed E-state index contributed by atoms with van der Waals surface area (Å²) in [5.41, 5.74) is 1.22. The van der Waals surface area contributed by atoms with E-state index in [9.17, 15) is 18.5 Å². The van der Waals surface area contributed by atoms with E-state index in [0.29, 0.717) is 11.4 Å². The van der Waals surface area contributed by atoms with Gasteiger partial charge in [0, 0.05) is 16.3 Å². The third-order valence-corrected chi connectivity index (χ3v) is 5.98. The van der Waals surface area contributed by atoms with Gasteiger partial charge >= 0.3 is 10.1 Å². The second-order valence-corrected chi connectivity index (χ2v) is 8.87. The summed E-state index contributed by atoms with van der Waals surface area (Å²) < 4.78 is 35.8. The monoisotopic (exact) mass is 482 g/mol. The summed E-state index contributed by atoms with van der Waals surface area (Å²) in [5.74, 6) is -0.153. The first-order valence-corrected chi connectivity index (χ1v) is 11.4. The number of hydrogen-bond donors (Lipinski definition) is 1. The molecule has 3 aromatic rings. The van der Waals surface area contributed by atoms with E-state index in [4.69, 9.17) is 20.5 Å². The minimum absolute atomic E-state index is 0.0317. The van der Waals surface area contributed by atoms with Gasteiger partial charge in [-0.05, 0) is 67.6 Å². The Kier molecular flexibility index (Phi) is 7.38. The molecule has 0 bridgehead atoms. The molecule has 3 rings (SSSR count). The molecule has 0 fully saturated rings. The van der Waals surface area contributed by atoms with Crippen molar-refractivity contribution in [2.45, 2.75) is 11.8 Å². The van der Waals surface area contributed by atoms with Gasteiger partial charge in [-0.1, -0.05) is 29.3 Å². The minimum atomic E-state index is -4.15. The van der Waals surface area contributed by atoms with Crippen molar-refractivity contribution in [1.82, 2.24) is 0 Å². The van der Waals surface area contributed by atoms with Gasteiger partial charge in [0.05, 0.1) is 7.11 Å². The fraction of sp³-hybridized carbons (Fsp3) is 0.0833. The molecule has 0 aliphatic rings. The van der Waals surface area contributed by atoms with Gasteiger partial charge in [0.1, 0.15) is 28.0 Å². The molecule has 3 aromatic carbocycles. The number of nitriles is 1. The molecule has 9 heteroatoms. The molecule has 0 atom stereocenters. The Balaban J connectivity index is 1.90. The van der Waals surface area contributed by atoms with E-state index in [2.05, 4.69) is 5.32 Å². The van der Waals surface area contributed by atoms with E-state index in [-0.39, 0.29) is 26.8 Å². The first-order valence-electron chi connectivity index (χ1n) is 9.60. The van der Waals surface area contributed by atoms with Gasteiger partial charge in [0.15, 0.2) is 0 Å². The second kappa shape index (κ2) is 10.2. The summed E-state index contributed by atoms with van der Waals surface area (Å²) in [7, 11) is -2.63. The molecular formula is C24H19ClN2O5S. The van der Waals surface area contributed by atoms with E-state index >= 15 is 0 Å². The fourth-order valence-corrected chi connectivity index (χ4v) is 3.89. The van der Waals surface area contributed by atoms with E-state index < -0.39 is 16.0 Å². The molecule has 0 unspecified atom stereocenters. The van der Waals surface area contributed by atoms with Gasteiger partial charge in [-0.3, -0.25) is 4.79 Å². The van der Waals surface area contributed by atoms with Gasteiger partial charge in [-0.15, -0.1) is 0 Å². The maximum atomic E-state index is 12.7. The van der Waals surface area contributed by atoms with Crippen LogP contribution in [0, 0.1) is 18.3 Å². The first-order chi connectivity index (χ1) is 15.7. The quantitative estimate of drug-likeness (QED) is 0.289. The zero-order valence-corrected chi connectivity index (χ0v) is 19.3. The number of benzene rings is 3. The molecule has 0 aliphatic carbocycles. The van der Waals surface area contributed by atoms with Crippen LogP contribution in [0.1, 0.15) is 11.1 Å². The van der Waals surface area contributed by atoms with Crippen molar-refractivity contribution in [2.24, 2.45) is 0 Å². The highest BCUT2D eigenvalue weighted by molar-refractivity contribution is 7.87. The molecular weight excluding hydrogens is 464 g/mol. The van der Waals surface area contributed by atoms with E-state index in [1.54, 1.807) is 36.4 Å². The zero-order chi connectivity index (χ0) is 24.0. The first kappa shape index (κ1) is 23.9. The number of aryl methyl sites for hydroxylation is 1. The van der Waals surface area contributed by atoms with Crippen LogP contribution in [0.15, 0.2) is 77.2 Å². The lowest BCUT2D eigenvalue weighted by molar-refractivity contribution is -0.112. The average molecular weight is 483 g/mol. The number of nitrogens with one attached hydrogen (secondary N) is 1. The smallest absolute Gasteiger partial charge is 0.339 e. The lowest BCUT2D eigenvalue weighted by atomic mass is 10.1. The minimum Gasteiger partial charge on any atom is -0.497 e. The molecule has 0 heterocycles. The molecule has 1 N–H and O–H groups in total. The van der Waals surface area contributed by atoms with Crippen molar-refractivity contribution in [3.8, 4) is 17.6 Å². The van der Waals surface area contributed by atoms with Crippen LogP contribution in [-0.2, 0) is 14.9 Å². The number of ether oxygens (including phenoxy) is 1. The largest absolute Gasteiger partial charge is 0.497 e. The normalized spacial score (nSPS) is 11.4. The van der Waals surface area contributed by atoms with E-state index in [1.807, 2.05) is 13.0 Å². The van der Waals surface area contributed by atoms with Crippen molar-refractivity contribution in [2.75, 3.05) is 12.4 Å². The van der Waals surface area contributed by atoms with Crippen LogP contribution in [0.4, 0.5) is 5.69 Å².